The molecule has 2 aliphatic rings. The first-order chi connectivity index (χ1) is 12.2. The highest BCUT2D eigenvalue weighted by Gasteiger charge is 2.24. The maximum atomic E-state index is 12.4. The molecule has 1 saturated carbocycles. The van der Waals surface area contributed by atoms with Gasteiger partial charge in [-0.3, -0.25) is 0 Å². The molecule has 0 N–H and O–H groups in total. The fraction of sp³-hybridized carbons (Fsp3) is 0.609. The number of carbonyl (C=O) groups is 1. The Hall–Kier alpha value is -1.57. The highest BCUT2D eigenvalue weighted by atomic mass is 16.5. The van der Waals surface area contributed by atoms with Crippen LogP contribution >= 0.6 is 0 Å². The van der Waals surface area contributed by atoms with Crippen LogP contribution in [0.25, 0.3) is 5.57 Å². The van der Waals surface area contributed by atoms with Crippen LogP contribution in [0.3, 0.4) is 0 Å². The average molecular weight is 341 g/mol. The zero-order valence-corrected chi connectivity index (χ0v) is 15.8. The van der Waals surface area contributed by atoms with E-state index in [-0.39, 0.29) is 12.1 Å². The number of rotatable bonds is 5. The summed E-state index contributed by atoms with van der Waals surface area (Å²) in [5.41, 5.74) is 3.36. The molecule has 1 unspecified atom stereocenters. The first kappa shape index (κ1) is 18.2. The first-order valence-electron chi connectivity index (χ1n) is 10.2. The summed E-state index contributed by atoms with van der Waals surface area (Å²) in [6.07, 6.45) is 13.1. The van der Waals surface area contributed by atoms with Crippen LogP contribution in [-0.2, 0) is 4.74 Å². The molecule has 1 aromatic carbocycles. The zero-order chi connectivity index (χ0) is 17.6. The fourth-order valence-electron chi connectivity index (χ4n) is 4.21. The van der Waals surface area contributed by atoms with Crippen molar-refractivity contribution in [2.75, 3.05) is 0 Å². The normalized spacial score (nSPS) is 26.8. The van der Waals surface area contributed by atoms with Gasteiger partial charge in [-0.1, -0.05) is 44.9 Å². The maximum Gasteiger partial charge on any atom is 0.338 e. The van der Waals surface area contributed by atoms with Crippen LogP contribution in [-0.4, -0.2) is 12.1 Å². The van der Waals surface area contributed by atoms with Crippen molar-refractivity contribution in [1.29, 1.82) is 0 Å². The molecule has 3 rings (SSSR count). The minimum Gasteiger partial charge on any atom is -0.459 e. The Kier molecular flexibility index (Phi) is 6.34. The van der Waals surface area contributed by atoms with Gasteiger partial charge in [0.1, 0.15) is 6.10 Å². The van der Waals surface area contributed by atoms with E-state index in [0.717, 1.165) is 31.1 Å². The molecule has 0 amide bonds. The van der Waals surface area contributed by atoms with Crippen molar-refractivity contribution in [3.05, 3.63) is 41.5 Å². The number of allylic oxidation sites excluding steroid dienone is 2. The molecule has 0 aromatic heterocycles. The van der Waals surface area contributed by atoms with E-state index in [0.29, 0.717) is 5.56 Å². The van der Waals surface area contributed by atoms with Crippen molar-refractivity contribution in [2.45, 2.75) is 77.7 Å². The van der Waals surface area contributed by atoms with Gasteiger partial charge in [0.15, 0.2) is 0 Å². The Morgan fingerprint density at radius 3 is 2.40 bits per heavy atom. The topological polar surface area (TPSA) is 26.3 Å². The predicted octanol–water partition coefficient (Wildman–Crippen LogP) is 6.41. The molecule has 0 bridgehead atoms. The smallest absolute Gasteiger partial charge is 0.338 e. The van der Waals surface area contributed by atoms with Crippen LogP contribution in [0.1, 0.15) is 87.6 Å². The van der Waals surface area contributed by atoms with Crippen LogP contribution in [0.15, 0.2) is 30.3 Å². The summed E-state index contributed by atoms with van der Waals surface area (Å²) in [5, 5.41) is 0. The number of esters is 1. The van der Waals surface area contributed by atoms with Crippen LogP contribution in [0.4, 0.5) is 0 Å². The standard InChI is InChI=1S/C23H32O2/c1-3-4-18-7-15-22(16-8-18)25-23(24)21-13-11-20(12-14-21)19-9-5-17(2)6-10-19/h9,11-14,17-18,22H,3-8,10,15-16H2,1-2H3/t17?,18-,22-. The molecule has 0 aliphatic heterocycles. The number of hydrogen-bond acceptors (Lipinski definition) is 2. The van der Waals surface area contributed by atoms with E-state index in [9.17, 15) is 4.79 Å². The van der Waals surface area contributed by atoms with Gasteiger partial charge in [0.25, 0.3) is 0 Å². The summed E-state index contributed by atoms with van der Waals surface area (Å²) in [6, 6.07) is 8.02. The molecule has 1 atom stereocenters. The van der Waals surface area contributed by atoms with Crippen molar-refractivity contribution in [1.82, 2.24) is 0 Å². The summed E-state index contributed by atoms with van der Waals surface area (Å²) in [6.45, 7) is 4.56. The predicted molar refractivity (Wildman–Crippen MR) is 104 cm³/mol. The molecule has 136 valence electrons. The van der Waals surface area contributed by atoms with E-state index in [1.807, 2.05) is 12.1 Å². The SMILES string of the molecule is CCC[C@H]1CC[C@H](OC(=O)c2ccc(C3=CCC(C)CC3)cc2)CC1. The summed E-state index contributed by atoms with van der Waals surface area (Å²) >= 11 is 0. The largest absolute Gasteiger partial charge is 0.459 e. The van der Waals surface area contributed by atoms with E-state index in [2.05, 4.69) is 32.1 Å². The Morgan fingerprint density at radius 1 is 1.08 bits per heavy atom. The Bertz CT molecular complexity index is 591. The van der Waals surface area contributed by atoms with Gasteiger partial charge in [0.2, 0.25) is 0 Å². The molecule has 0 spiro atoms. The third-order valence-corrected chi connectivity index (χ3v) is 5.93. The summed E-state index contributed by atoms with van der Waals surface area (Å²) in [4.78, 5) is 12.4. The van der Waals surface area contributed by atoms with E-state index in [1.54, 1.807) is 0 Å². The second-order valence-corrected chi connectivity index (χ2v) is 8.02. The monoisotopic (exact) mass is 340 g/mol. The Morgan fingerprint density at radius 2 is 1.80 bits per heavy atom. The Balaban J connectivity index is 1.53. The van der Waals surface area contributed by atoms with Gasteiger partial charge in [-0.15, -0.1) is 0 Å². The summed E-state index contributed by atoms with van der Waals surface area (Å²) < 4.78 is 5.75. The van der Waals surface area contributed by atoms with E-state index >= 15 is 0 Å². The lowest BCUT2D eigenvalue weighted by Gasteiger charge is -2.28. The minimum atomic E-state index is -0.156. The van der Waals surface area contributed by atoms with Gasteiger partial charge < -0.3 is 4.74 Å². The lowest BCUT2D eigenvalue weighted by Crippen LogP contribution is -2.24. The van der Waals surface area contributed by atoms with Crippen LogP contribution in [0, 0.1) is 11.8 Å². The highest BCUT2D eigenvalue weighted by Crippen LogP contribution is 2.31. The van der Waals surface area contributed by atoms with Gasteiger partial charge >= 0.3 is 5.97 Å². The lowest BCUT2D eigenvalue weighted by atomic mass is 9.85. The van der Waals surface area contributed by atoms with E-state index < -0.39 is 0 Å². The van der Waals surface area contributed by atoms with Gasteiger partial charge in [-0.05, 0) is 80.1 Å². The number of ether oxygens (including phenoxy) is 1. The second kappa shape index (κ2) is 8.69. The van der Waals surface area contributed by atoms with Crippen molar-refractivity contribution in [3.8, 4) is 0 Å². The highest BCUT2D eigenvalue weighted by molar-refractivity contribution is 5.90. The van der Waals surface area contributed by atoms with Crippen molar-refractivity contribution in [2.24, 2.45) is 11.8 Å². The van der Waals surface area contributed by atoms with Crippen molar-refractivity contribution in [3.63, 3.8) is 0 Å². The number of hydrogen-bond donors (Lipinski definition) is 0. The molecule has 0 saturated heterocycles. The lowest BCUT2D eigenvalue weighted by molar-refractivity contribution is 0.0161. The van der Waals surface area contributed by atoms with Gasteiger partial charge in [-0.25, -0.2) is 4.79 Å². The number of carbonyl (C=O) groups excluding carboxylic acids is 1. The molecule has 25 heavy (non-hydrogen) atoms. The Labute approximate surface area is 152 Å². The number of benzene rings is 1. The molecular weight excluding hydrogens is 308 g/mol. The van der Waals surface area contributed by atoms with E-state index in [1.165, 1.54) is 49.7 Å². The van der Waals surface area contributed by atoms with Gasteiger partial charge in [0.05, 0.1) is 5.56 Å². The molecule has 1 aromatic rings. The van der Waals surface area contributed by atoms with Crippen molar-refractivity contribution >= 4 is 11.5 Å². The second-order valence-electron chi connectivity index (χ2n) is 8.02. The molecule has 0 radical (unpaired) electrons. The third-order valence-electron chi connectivity index (χ3n) is 5.93. The molecule has 2 heteroatoms. The quantitative estimate of drug-likeness (QED) is 0.579. The summed E-state index contributed by atoms with van der Waals surface area (Å²) in [7, 11) is 0. The van der Waals surface area contributed by atoms with E-state index in [4.69, 9.17) is 4.74 Å². The molecule has 2 nitrogen and oxygen atoms in total. The molecule has 2 aliphatic carbocycles. The van der Waals surface area contributed by atoms with Crippen LogP contribution in [0.5, 0.6) is 0 Å². The van der Waals surface area contributed by atoms with Crippen molar-refractivity contribution < 1.29 is 9.53 Å². The fourth-order valence-corrected chi connectivity index (χ4v) is 4.21. The maximum absolute atomic E-state index is 12.4. The van der Waals surface area contributed by atoms with Gasteiger partial charge in [0, 0.05) is 0 Å². The summed E-state index contributed by atoms with van der Waals surface area (Å²) in [5.74, 6) is 1.48. The molecular formula is C23H32O2. The third kappa shape index (κ3) is 4.96. The van der Waals surface area contributed by atoms with Crippen LogP contribution < -0.4 is 0 Å². The zero-order valence-electron chi connectivity index (χ0n) is 15.8. The average Bonchev–Trinajstić information content (AvgIpc) is 2.64. The van der Waals surface area contributed by atoms with Gasteiger partial charge in [-0.2, -0.15) is 0 Å². The van der Waals surface area contributed by atoms with Crippen LogP contribution in [0.2, 0.25) is 0 Å². The molecule has 0 heterocycles. The first-order valence-corrected chi connectivity index (χ1v) is 10.2. The molecule has 1 fully saturated rings. The minimum absolute atomic E-state index is 0.114.